The van der Waals surface area contributed by atoms with Crippen LogP contribution in [0.25, 0.3) is 0 Å². The van der Waals surface area contributed by atoms with Gasteiger partial charge in [-0.15, -0.1) is 0 Å². The Kier molecular flexibility index (Phi) is 10.2. The standard InChI is InChI=1S/C29H34ClNO6S/c1-29(2,3)37-28(33)31-23(19-32)12-7-11-22-15-16-26(18-27(22)30)38(34,35)25-14-8-13-24(17-25)36-20-21-9-5-4-6-10-21/h4-6,8-10,13-18,23,32H,7,11-12,19-20H2,1-3H3,(H,31,33). The predicted octanol–water partition coefficient (Wildman–Crippen LogP) is 5.96. The first-order valence-corrected chi connectivity index (χ1v) is 14.2. The molecule has 0 radical (unpaired) electrons. The van der Waals surface area contributed by atoms with E-state index in [-0.39, 0.29) is 16.4 Å². The Morgan fingerprint density at radius 2 is 1.71 bits per heavy atom. The molecule has 0 aromatic heterocycles. The number of hydrogen-bond donors (Lipinski definition) is 2. The van der Waals surface area contributed by atoms with Gasteiger partial charge >= 0.3 is 6.09 Å². The molecule has 0 saturated heterocycles. The van der Waals surface area contributed by atoms with Crippen molar-refractivity contribution < 1.29 is 27.8 Å². The van der Waals surface area contributed by atoms with Crippen molar-refractivity contribution in [3.8, 4) is 5.75 Å². The van der Waals surface area contributed by atoms with Crippen LogP contribution in [-0.4, -0.2) is 37.9 Å². The second-order valence-electron chi connectivity index (χ2n) is 9.92. The minimum absolute atomic E-state index is 0.0892. The second-order valence-corrected chi connectivity index (χ2v) is 12.3. The van der Waals surface area contributed by atoms with Crippen molar-refractivity contribution in [1.82, 2.24) is 5.32 Å². The highest BCUT2D eigenvalue weighted by molar-refractivity contribution is 7.91. The summed E-state index contributed by atoms with van der Waals surface area (Å²) in [5.74, 6) is 0.455. The van der Waals surface area contributed by atoms with Gasteiger partial charge in [0.25, 0.3) is 0 Å². The molecule has 0 fully saturated rings. The van der Waals surface area contributed by atoms with Gasteiger partial charge in [-0.1, -0.05) is 54.1 Å². The topological polar surface area (TPSA) is 102 Å². The third kappa shape index (κ3) is 8.75. The van der Waals surface area contributed by atoms with Crippen LogP contribution >= 0.6 is 11.6 Å². The fourth-order valence-electron chi connectivity index (χ4n) is 3.73. The summed E-state index contributed by atoms with van der Waals surface area (Å²) in [7, 11) is -3.81. The highest BCUT2D eigenvalue weighted by Gasteiger charge is 2.21. The zero-order valence-corrected chi connectivity index (χ0v) is 23.4. The van der Waals surface area contributed by atoms with Gasteiger partial charge in [-0.2, -0.15) is 0 Å². The quantitative estimate of drug-likeness (QED) is 0.300. The number of carbonyl (C=O) groups excluding carboxylic acids is 1. The minimum atomic E-state index is -3.81. The van der Waals surface area contributed by atoms with Crippen molar-refractivity contribution in [3.63, 3.8) is 0 Å². The van der Waals surface area contributed by atoms with Crippen molar-refractivity contribution in [2.75, 3.05) is 6.61 Å². The van der Waals surface area contributed by atoms with Crippen LogP contribution in [0.15, 0.2) is 82.6 Å². The first kappa shape index (κ1) is 29.5. The Balaban J connectivity index is 1.62. The van der Waals surface area contributed by atoms with Crippen LogP contribution in [0.3, 0.4) is 0 Å². The number of alkyl carbamates (subject to hydrolysis) is 1. The first-order valence-electron chi connectivity index (χ1n) is 12.4. The monoisotopic (exact) mass is 559 g/mol. The number of aryl methyl sites for hydroxylation is 1. The second kappa shape index (κ2) is 13.1. The molecule has 1 amide bonds. The van der Waals surface area contributed by atoms with Gasteiger partial charge in [-0.3, -0.25) is 0 Å². The maximum Gasteiger partial charge on any atom is 0.407 e. The summed E-state index contributed by atoms with van der Waals surface area (Å²) in [6, 6.07) is 20.2. The summed E-state index contributed by atoms with van der Waals surface area (Å²) in [5.41, 5.74) is 1.13. The van der Waals surface area contributed by atoms with Crippen molar-refractivity contribution in [3.05, 3.63) is 88.9 Å². The van der Waals surface area contributed by atoms with Crippen molar-refractivity contribution in [1.29, 1.82) is 0 Å². The molecule has 0 aliphatic carbocycles. The number of amides is 1. The number of ether oxygens (including phenoxy) is 2. The van der Waals surface area contributed by atoms with Gasteiger partial charge in [0.2, 0.25) is 9.84 Å². The maximum atomic E-state index is 13.3. The van der Waals surface area contributed by atoms with E-state index in [9.17, 15) is 18.3 Å². The molecule has 1 atom stereocenters. The van der Waals surface area contributed by atoms with Crippen LogP contribution in [0.1, 0.15) is 44.7 Å². The Hall–Kier alpha value is -3.07. The molecule has 1 unspecified atom stereocenters. The number of rotatable bonds is 11. The summed E-state index contributed by atoms with van der Waals surface area (Å²) in [4.78, 5) is 12.2. The number of hydrogen-bond acceptors (Lipinski definition) is 6. The smallest absolute Gasteiger partial charge is 0.407 e. The lowest BCUT2D eigenvalue weighted by Gasteiger charge is -2.22. The van der Waals surface area contributed by atoms with Crippen LogP contribution in [0, 0.1) is 0 Å². The molecule has 3 rings (SSSR count). The van der Waals surface area contributed by atoms with Crippen LogP contribution < -0.4 is 10.1 Å². The zero-order chi connectivity index (χ0) is 27.8. The Bertz CT molecular complexity index is 1320. The molecule has 3 aromatic rings. The van der Waals surface area contributed by atoms with E-state index in [4.69, 9.17) is 21.1 Å². The van der Waals surface area contributed by atoms with Gasteiger partial charge in [-0.25, -0.2) is 13.2 Å². The third-order valence-corrected chi connectivity index (χ3v) is 7.74. The Labute approximate surface area is 229 Å². The summed E-state index contributed by atoms with van der Waals surface area (Å²) in [5, 5.41) is 12.6. The number of aliphatic hydroxyl groups excluding tert-OH is 1. The van der Waals surface area contributed by atoms with E-state index in [0.29, 0.717) is 36.6 Å². The molecular weight excluding hydrogens is 526 g/mol. The van der Waals surface area contributed by atoms with Gasteiger partial charge < -0.3 is 19.9 Å². The van der Waals surface area contributed by atoms with Crippen LogP contribution in [-0.2, 0) is 27.6 Å². The normalized spacial score (nSPS) is 12.6. The molecule has 3 aromatic carbocycles. The van der Waals surface area contributed by atoms with E-state index in [1.165, 1.54) is 24.3 Å². The SMILES string of the molecule is CC(C)(C)OC(=O)NC(CO)CCCc1ccc(S(=O)(=O)c2cccc(OCc3ccccc3)c2)cc1Cl. The lowest BCUT2D eigenvalue weighted by Crippen LogP contribution is -2.41. The average molecular weight is 560 g/mol. The van der Waals surface area contributed by atoms with E-state index in [2.05, 4.69) is 5.32 Å². The van der Waals surface area contributed by atoms with Gasteiger partial charge in [0.1, 0.15) is 18.0 Å². The van der Waals surface area contributed by atoms with Crippen molar-refractivity contribution >= 4 is 27.5 Å². The molecule has 0 bridgehead atoms. The summed E-state index contributed by atoms with van der Waals surface area (Å²) in [6.07, 6.45) is 1.09. The van der Waals surface area contributed by atoms with E-state index in [0.717, 1.165) is 11.1 Å². The molecule has 204 valence electrons. The zero-order valence-electron chi connectivity index (χ0n) is 21.8. The summed E-state index contributed by atoms with van der Waals surface area (Å²) < 4.78 is 37.6. The Morgan fingerprint density at radius 3 is 2.37 bits per heavy atom. The number of benzene rings is 3. The Morgan fingerprint density at radius 1 is 1.00 bits per heavy atom. The predicted molar refractivity (Wildman–Crippen MR) is 147 cm³/mol. The van der Waals surface area contributed by atoms with Gasteiger partial charge in [-0.05, 0) is 81.5 Å². The lowest BCUT2D eigenvalue weighted by molar-refractivity contribution is 0.0478. The molecule has 7 nitrogen and oxygen atoms in total. The van der Waals surface area contributed by atoms with Crippen molar-refractivity contribution in [2.24, 2.45) is 0 Å². The van der Waals surface area contributed by atoms with E-state index >= 15 is 0 Å². The summed E-state index contributed by atoms with van der Waals surface area (Å²) in [6.45, 7) is 5.41. The first-order chi connectivity index (χ1) is 18.0. The summed E-state index contributed by atoms with van der Waals surface area (Å²) >= 11 is 6.45. The minimum Gasteiger partial charge on any atom is -0.489 e. The van der Waals surface area contributed by atoms with Gasteiger partial charge in [0, 0.05) is 5.02 Å². The molecule has 0 saturated carbocycles. The largest absolute Gasteiger partial charge is 0.489 e. The number of halogens is 1. The molecule has 0 heterocycles. The van der Waals surface area contributed by atoms with E-state index < -0.39 is 27.6 Å². The van der Waals surface area contributed by atoms with Gasteiger partial charge in [0.05, 0.1) is 22.4 Å². The molecule has 0 spiro atoms. The molecule has 0 aliphatic heterocycles. The fraction of sp³-hybridized carbons (Fsp3) is 0.345. The highest BCUT2D eigenvalue weighted by atomic mass is 35.5. The van der Waals surface area contributed by atoms with E-state index in [1.54, 1.807) is 39.0 Å². The molecular formula is C29H34ClNO6S. The van der Waals surface area contributed by atoms with Crippen LogP contribution in [0.5, 0.6) is 5.75 Å². The average Bonchev–Trinajstić information content (AvgIpc) is 2.87. The number of aliphatic hydroxyl groups is 1. The molecule has 38 heavy (non-hydrogen) atoms. The van der Waals surface area contributed by atoms with Crippen molar-refractivity contribution in [2.45, 2.75) is 68.1 Å². The lowest BCUT2D eigenvalue weighted by atomic mass is 10.0. The van der Waals surface area contributed by atoms with E-state index in [1.807, 2.05) is 30.3 Å². The molecule has 9 heteroatoms. The number of nitrogens with one attached hydrogen (secondary N) is 1. The molecule has 0 aliphatic rings. The number of sulfone groups is 1. The third-order valence-electron chi connectivity index (χ3n) is 5.64. The van der Waals surface area contributed by atoms with Crippen LogP contribution in [0.4, 0.5) is 4.79 Å². The molecule has 2 N–H and O–H groups in total. The maximum absolute atomic E-state index is 13.3. The fourth-order valence-corrected chi connectivity index (χ4v) is 5.39. The number of carbonyl (C=O) groups is 1. The van der Waals surface area contributed by atoms with Gasteiger partial charge in [0.15, 0.2) is 0 Å². The highest BCUT2D eigenvalue weighted by Crippen LogP contribution is 2.29. The van der Waals surface area contributed by atoms with Crippen LogP contribution in [0.2, 0.25) is 5.02 Å².